The van der Waals surface area contributed by atoms with E-state index in [1.54, 1.807) is 0 Å². The van der Waals surface area contributed by atoms with Crippen LogP contribution in [0.3, 0.4) is 0 Å². The van der Waals surface area contributed by atoms with Gasteiger partial charge in [0.2, 0.25) is 0 Å². The zero-order chi connectivity index (χ0) is 14.7. The number of hydrogen-bond donors (Lipinski definition) is 0. The van der Waals surface area contributed by atoms with Gasteiger partial charge in [-0.2, -0.15) is 5.26 Å². The van der Waals surface area contributed by atoms with Crippen molar-refractivity contribution in [2.75, 3.05) is 26.2 Å². The zero-order valence-corrected chi connectivity index (χ0v) is 12.5. The van der Waals surface area contributed by atoms with Crippen molar-refractivity contribution in [3.05, 3.63) is 48.0 Å². The van der Waals surface area contributed by atoms with Crippen molar-refractivity contribution < 1.29 is 0 Å². The lowest BCUT2D eigenvalue weighted by Gasteiger charge is -2.36. The first-order chi connectivity index (χ1) is 10.3. The van der Waals surface area contributed by atoms with Crippen LogP contribution in [0.25, 0.3) is 10.8 Å². The van der Waals surface area contributed by atoms with Crippen LogP contribution in [0.4, 0.5) is 0 Å². The smallest absolute Gasteiger partial charge is 0.0950 e. The molecule has 0 radical (unpaired) electrons. The van der Waals surface area contributed by atoms with Gasteiger partial charge in [0.05, 0.1) is 12.1 Å². The second-order valence-electron chi connectivity index (χ2n) is 5.76. The predicted octanol–water partition coefficient (Wildman–Crippen LogP) is 2.87. The summed E-state index contributed by atoms with van der Waals surface area (Å²) in [6.45, 7) is 7.03. The molecule has 1 aliphatic rings. The van der Waals surface area contributed by atoms with E-state index in [0.29, 0.717) is 0 Å². The van der Waals surface area contributed by atoms with Gasteiger partial charge in [-0.15, -0.1) is 0 Å². The van der Waals surface area contributed by atoms with Crippen LogP contribution in [-0.4, -0.2) is 42.0 Å². The highest BCUT2D eigenvalue weighted by molar-refractivity contribution is 5.85. The summed E-state index contributed by atoms with van der Waals surface area (Å²) in [6, 6.07) is 17.5. The number of benzene rings is 2. The molecule has 3 rings (SSSR count). The summed E-state index contributed by atoms with van der Waals surface area (Å²) in [5, 5.41) is 11.7. The molecule has 1 heterocycles. The van der Waals surface area contributed by atoms with Gasteiger partial charge >= 0.3 is 0 Å². The van der Waals surface area contributed by atoms with E-state index in [-0.39, 0.29) is 6.04 Å². The third-order valence-electron chi connectivity index (χ3n) is 4.42. The van der Waals surface area contributed by atoms with E-state index in [4.69, 9.17) is 5.26 Å². The Balaban J connectivity index is 1.69. The maximum atomic E-state index is 9.00. The fraction of sp³-hybridized carbons (Fsp3) is 0.389. The summed E-state index contributed by atoms with van der Waals surface area (Å²) >= 11 is 0. The maximum absolute atomic E-state index is 9.00. The number of hydrogen-bond acceptors (Lipinski definition) is 3. The molecule has 2 aromatic rings. The summed E-state index contributed by atoms with van der Waals surface area (Å²) < 4.78 is 0. The molecule has 0 aromatic heterocycles. The molecule has 0 spiro atoms. The first-order valence-electron chi connectivity index (χ1n) is 7.60. The topological polar surface area (TPSA) is 30.3 Å². The van der Waals surface area contributed by atoms with Gasteiger partial charge < -0.3 is 0 Å². The van der Waals surface area contributed by atoms with Crippen LogP contribution < -0.4 is 0 Å². The first kappa shape index (κ1) is 14.1. The molecule has 21 heavy (non-hydrogen) atoms. The third kappa shape index (κ3) is 3.07. The molecule has 0 saturated carbocycles. The standard InChI is InChI=1S/C18H21N3/c1-15(13-19)21-11-9-20(10-12-21)14-17-7-4-6-16-5-2-3-8-18(16)17/h2-8,15H,9-12,14H2,1H3. The highest BCUT2D eigenvalue weighted by Gasteiger charge is 2.20. The van der Waals surface area contributed by atoms with E-state index < -0.39 is 0 Å². The van der Waals surface area contributed by atoms with Crippen molar-refractivity contribution in [2.24, 2.45) is 0 Å². The largest absolute Gasteiger partial charge is 0.297 e. The Morgan fingerprint density at radius 3 is 2.52 bits per heavy atom. The molecule has 1 aliphatic heterocycles. The molecule has 1 fully saturated rings. The Labute approximate surface area is 126 Å². The number of fused-ring (bicyclic) bond motifs is 1. The second-order valence-corrected chi connectivity index (χ2v) is 5.76. The molecule has 3 heteroatoms. The summed E-state index contributed by atoms with van der Waals surface area (Å²) in [5.41, 5.74) is 1.40. The van der Waals surface area contributed by atoms with E-state index in [0.717, 1.165) is 32.7 Å². The fourth-order valence-electron chi connectivity index (χ4n) is 3.06. The molecular weight excluding hydrogens is 258 g/mol. The number of piperazine rings is 1. The van der Waals surface area contributed by atoms with Gasteiger partial charge in [-0.25, -0.2) is 0 Å². The average Bonchev–Trinajstić information content (AvgIpc) is 2.55. The number of nitriles is 1. The molecule has 1 unspecified atom stereocenters. The Morgan fingerprint density at radius 1 is 1.05 bits per heavy atom. The first-order valence-corrected chi connectivity index (χ1v) is 7.60. The summed E-state index contributed by atoms with van der Waals surface area (Å²) in [6.07, 6.45) is 0. The molecule has 0 aliphatic carbocycles. The van der Waals surface area contributed by atoms with E-state index in [1.165, 1.54) is 16.3 Å². The lowest BCUT2D eigenvalue weighted by molar-refractivity contribution is 0.115. The average molecular weight is 279 g/mol. The Bertz CT molecular complexity index is 646. The Hall–Kier alpha value is -1.89. The molecular formula is C18H21N3. The van der Waals surface area contributed by atoms with Gasteiger partial charge in [-0.1, -0.05) is 42.5 Å². The van der Waals surface area contributed by atoms with Gasteiger partial charge in [-0.3, -0.25) is 9.80 Å². The van der Waals surface area contributed by atoms with E-state index in [9.17, 15) is 0 Å². The molecule has 1 saturated heterocycles. The molecule has 3 nitrogen and oxygen atoms in total. The highest BCUT2D eigenvalue weighted by Crippen LogP contribution is 2.20. The SMILES string of the molecule is CC(C#N)N1CCN(Cc2cccc3ccccc23)CC1. The molecule has 0 amide bonds. The van der Waals surface area contributed by atoms with Gasteiger partial charge in [0.25, 0.3) is 0 Å². The van der Waals surface area contributed by atoms with Crippen LogP contribution in [0.5, 0.6) is 0 Å². The summed E-state index contributed by atoms with van der Waals surface area (Å²) in [7, 11) is 0. The minimum atomic E-state index is 0.0321. The Kier molecular flexibility index (Phi) is 4.19. The monoisotopic (exact) mass is 279 g/mol. The molecule has 0 bridgehead atoms. The predicted molar refractivity (Wildman–Crippen MR) is 85.9 cm³/mol. The molecule has 0 N–H and O–H groups in total. The van der Waals surface area contributed by atoms with Crippen molar-refractivity contribution in [2.45, 2.75) is 19.5 Å². The minimum Gasteiger partial charge on any atom is -0.297 e. The van der Waals surface area contributed by atoms with Crippen molar-refractivity contribution in [1.29, 1.82) is 5.26 Å². The second kappa shape index (κ2) is 6.26. The maximum Gasteiger partial charge on any atom is 0.0950 e. The van der Waals surface area contributed by atoms with Gasteiger partial charge in [0, 0.05) is 32.7 Å². The van der Waals surface area contributed by atoms with Crippen molar-refractivity contribution >= 4 is 10.8 Å². The highest BCUT2D eigenvalue weighted by atomic mass is 15.3. The fourth-order valence-corrected chi connectivity index (χ4v) is 3.06. The van der Waals surface area contributed by atoms with E-state index in [1.807, 2.05) is 6.92 Å². The van der Waals surface area contributed by atoms with Crippen LogP contribution in [-0.2, 0) is 6.54 Å². The van der Waals surface area contributed by atoms with Gasteiger partial charge in [0.1, 0.15) is 0 Å². The molecule has 2 aromatic carbocycles. The number of rotatable bonds is 3. The van der Waals surface area contributed by atoms with Crippen molar-refractivity contribution in [1.82, 2.24) is 9.80 Å². The quantitative estimate of drug-likeness (QED) is 0.865. The summed E-state index contributed by atoms with van der Waals surface area (Å²) in [5.74, 6) is 0. The van der Waals surface area contributed by atoms with E-state index in [2.05, 4.69) is 58.3 Å². The van der Waals surface area contributed by atoms with Crippen molar-refractivity contribution in [3.8, 4) is 6.07 Å². The van der Waals surface area contributed by atoms with Crippen LogP contribution in [0, 0.1) is 11.3 Å². The number of nitrogens with zero attached hydrogens (tertiary/aromatic N) is 3. The van der Waals surface area contributed by atoms with Gasteiger partial charge in [-0.05, 0) is 23.3 Å². The van der Waals surface area contributed by atoms with Crippen LogP contribution in [0.2, 0.25) is 0 Å². The van der Waals surface area contributed by atoms with Crippen molar-refractivity contribution in [3.63, 3.8) is 0 Å². The molecule has 1 atom stereocenters. The van der Waals surface area contributed by atoms with Crippen LogP contribution >= 0.6 is 0 Å². The van der Waals surface area contributed by atoms with Gasteiger partial charge in [0.15, 0.2) is 0 Å². The third-order valence-corrected chi connectivity index (χ3v) is 4.42. The minimum absolute atomic E-state index is 0.0321. The van der Waals surface area contributed by atoms with E-state index >= 15 is 0 Å². The lowest BCUT2D eigenvalue weighted by Crippen LogP contribution is -2.48. The summed E-state index contributed by atoms with van der Waals surface area (Å²) in [4.78, 5) is 4.75. The normalized spacial score (nSPS) is 18.5. The van der Waals surface area contributed by atoms with Crippen LogP contribution in [0.15, 0.2) is 42.5 Å². The molecule has 108 valence electrons. The Morgan fingerprint density at radius 2 is 1.76 bits per heavy atom. The lowest BCUT2D eigenvalue weighted by atomic mass is 10.0. The zero-order valence-electron chi connectivity index (χ0n) is 12.5. The van der Waals surface area contributed by atoms with Crippen LogP contribution in [0.1, 0.15) is 12.5 Å².